The summed E-state index contributed by atoms with van der Waals surface area (Å²) < 4.78 is 33.5. The number of pyridine rings is 3. The van der Waals surface area contributed by atoms with Crippen molar-refractivity contribution in [3.05, 3.63) is 90.5 Å². The molecule has 202 valence electrons. The Morgan fingerprint density at radius 2 is 0.921 bits per heavy atom. The van der Waals surface area contributed by atoms with E-state index in [4.69, 9.17) is 28.4 Å². The number of hydrogen-bond donors (Lipinski definition) is 0. The molecule has 0 atom stereocenters. The van der Waals surface area contributed by atoms with Gasteiger partial charge in [-0.2, -0.15) is 0 Å². The Balaban J connectivity index is 1.17. The lowest BCUT2D eigenvalue weighted by Gasteiger charge is -2.09. The van der Waals surface area contributed by atoms with E-state index in [1.54, 1.807) is 24.3 Å². The van der Waals surface area contributed by atoms with E-state index in [1.807, 2.05) is 42.5 Å². The van der Waals surface area contributed by atoms with Gasteiger partial charge in [0.05, 0.1) is 75.6 Å². The van der Waals surface area contributed by atoms with Crippen molar-refractivity contribution in [1.82, 2.24) is 15.0 Å². The predicted octanol–water partition coefficient (Wildman–Crippen LogP) is 4.38. The number of rotatable bonds is 20. The molecule has 9 heteroatoms. The van der Waals surface area contributed by atoms with Gasteiger partial charge in [-0.3, -0.25) is 4.98 Å². The lowest BCUT2D eigenvalue weighted by atomic mass is 10.3. The summed E-state index contributed by atoms with van der Waals surface area (Å²) in [5.41, 5.74) is 3.23. The maximum Gasteiger partial charge on any atom is 0.213 e. The highest BCUT2D eigenvalue weighted by Crippen LogP contribution is 2.09. The quantitative estimate of drug-likeness (QED) is 0.201. The van der Waals surface area contributed by atoms with E-state index < -0.39 is 0 Å². The third-order valence-electron chi connectivity index (χ3n) is 4.97. The minimum atomic E-state index is 0.402. The van der Waals surface area contributed by atoms with Gasteiger partial charge in [0.2, 0.25) is 11.8 Å². The van der Waals surface area contributed by atoms with E-state index in [-0.39, 0.29) is 0 Å². The van der Waals surface area contributed by atoms with Crippen molar-refractivity contribution in [2.45, 2.75) is 13.2 Å². The minimum Gasteiger partial charge on any atom is -0.475 e. The Labute approximate surface area is 224 Å². The van der Waals surface area contributed by atoms with Crippen molar-refractivity contribution in [2.75, 3.05) is 52.9 Å². The van der Waals surface area contributed by atoms with Crippen LogP contribution in [0.1, 0.15) is 22.8 Å². The Hall–Kier alpha value is -3.63. The molecule has 0 spiro atoms. The van der Waals surface area contributed by atoms with Crippen molar-refractivity contribution >= 4 is 12.2 Å². The third kappa shape index (κ3) is 11.6. The molecule has 0 saturated carbocycles. The van der Waals surface area contributed by atoms with Crippen LogP contribution in [0, 0.1) is 0 Å². The van der Waals surface area contributed by atoms with Crippen LogP contribution >= 0.6 is 0 Å². The van der Waals surface area contributed by atoms with E-state index in [0.717, 1.165) is 22.8 Å². The second kappa shape index (κ2) is 17.8. The zero-order valence-corrected chi connectivity index (χ0v) is 21.6. The highest BCUT2D eigenvalue weighted by atomic mass is 16.6. The maximum atomic E-state index is 5.66. The van der Waals surface area contributed by atoms with Crippen molar-refractivity contribution in [1.29, 1.82) is 0 Å². The third-order valence-corrected chi connectivity index (χ3v) is 4.97. The zero-order valence-electron chi connectivity index (χ0n) is 21.6. The normalized spacial score (nSPS) is 10.7. The average Bonchev–Trinajstić information content (AvgIpc) is 2.96. The maximum absolute atomic E-state index is 5.66. The molecule has 38 heavy (non-hydrogen) atoms. The largest absolute Gasteiger partial charge is 0.475 e. The molecule has 0 radical (unpaired) electrons. The first kappa shape index (κ1) is 28.9. The zero-order chi connectivity index (χ0) is 26.7. The second-order valence-electron chi connectivity index (χ2n) is 7.86. The fraction of sp³-hybridized carbons (Fsp3) is 0.345. The molecule has 0 aliphatic heterocycles. The SMILES string of the molecule is C=Cc1cccc(OCCOCCOCc2cccc(COCCOCCOc3cccc(C=C)n3)n2)n1. The predicted molar refractivity (Wildman–Crippen MR) is 145 cm³/mol. The molecule has 0 N–H and O–H groups in total. The van der Waals surface area contributed by atoms with E-state index in [1.165, 1.54) is 0 Å². The number of ether oxygens (including phenoxy) is 6. The van der Waals surface area contributed by atoms with Gasteiger partial charge >= 0.3 is 0 Å². The Bertz CT molecular complexity index is 1030. The molecule has 9 nitrogen and oxygen atoms in total. The average molecular weight is 522 g/mol. The van der Waals surface area contributed by atoms with Gasteiger partial charge < -0.3 is 28.4 Å². The first-order chi connectivity index (χ1) is 18.8. The molecule has 0 amide bonds. The van der Waals surface area contributed by atoms with Crippen LogP contribution in [-0.2, 0) is 32.2 Å². The van der Waals surface area contributed by atoms with E-state index in [0.29, 0.717) is 77.8 Å². The van der Waals surface area contributed by atoms with Crippen LogP contribution < -0.4 is 9.47 Å². The lowest BCUT2D eigenvalue weighted by Crippen LogP contribution is -2.12. The summed E-state index contributed by atoms with van der Waals surface area (Å²) in [6, 6.07) is 16.9. The highest BCUT2D eigenvalue weighted by molar-refractivity contribution is 5.42. The molecule has 0 aromatic carbocycles. The van der Waals surface area contributed by atoms with Crippen LogP contribution in [0.2, 0.25) is 0 Å². The molecule has 0 aliphatic carbocycles. The summed E-state index contributed by atoms with van der Waals surface area (Å²) in [5, 5.41) is 0. The van der Waals surface area contributed by atoms with Crippen LogP contribution in [0.4, 0.5) is 0 Å². The van der Waals surface area contributed by atoms with E-state index >= 15 is 0 Å². The van der Waals surface area contributed by atoms with Gasteiger partial charge in [0.25, 0.3) is 0 Å². The molecule has 3 aromatic heterocycles. The monoisotopic (exact) mass is 521 g/mol. The molecule has 3 heterocycles. The first-order valence-electron chi connectivity index (χ1n) is 12.5. The van der Waals surface area contributed by atoms with Crippen molar-refractivity contribution in [2.24, 2.45) is 0 Å². The van der Waals surface area contributed by atoms with E-state index in [2.05, 4.69) is 28.1 Å². The Kier molecular flexibility index (Phi) is 13.5. The smallest absolute Gasteiger partial charge is 0.213 e. The van der Waals surface area contributed by atoms with E-state index in [9.17, 15) is 0 Å². The molecule has 0 bridgehead atoms. The molecule has 3 rings (SSSR count). The topological polar surface area (TPSA) is 94.1 Å². The van der Waals surface area contributed by atoms with Crippen LogP contribution in [-0.4, -0.2) is 67.8 Å². The molecule has 3 aromatic rings. The van der Waals surface area contributed by atoms with Crippen molar-refractivity contribution < 1.29 is 28.4 Å². The van der Waals surface area contributed by atoms with Gasteiger partial charge in [-0.15, -0.1) is 0 Å². The Morgan fingerprint density at radius 3 is 1.39 bits per heavy atom. The standard InChI is InChI=1S/C29H35N3O6/c1-3-24-8-6-12-28(31-24)37-20-18-33-14-16-35-22-26-10-5-11-27(30-26)23-36-17-15-34-19-21-38-29-13-7-9-25(4-2)32-29/h3-13H,1-2,14-23H2. The number of nitrogens with zero attached hydrogens (tertiary/aromatic N) is 3. The van der Waals surface area contributed by atoms with Crippen LogP contribution in [0.25, 0.3) is 12.2 Å². The summed E-state index contributed by atoms with van der Waals surface area (Å²) in [5.74, 6) is 1.11. The van der Waals surface area contributed by atoms with Crippen molar-refractivity contribution in [3.63, 3.8) is 0 Å². The molecule has 0 aliphatic rings. The highest BCUT2D eigenvalue weighted by Gasteiger charge is 2.01. The fourth-order valence-corrected chi connectivity index (χ4v) is 3.14. The van der Waals surface area contributed by atoms with Crippen molar-refractivity contribution in [3.8, 4) is 11.8 Å². The summed E-state index contributed by atoms with van der Waals surface area (Å²) in [6.45, 7) is 11.8. The fourth-order valence-electron chi connectivity index (χ4n) is 3.14. The molecule has 0 fully saturated rings. The van der Waals surface area contributed by atoms with Crippen LogP contribution in [0.5, 0.6) is 11.8 Å². The minimum absolute atomic E-state index is 0.402. The molecular weight excluding hydrogens is 486 g/mol. The second-order valence-corrected chi connectivity index (χ2v) is 7.86. The summed E-state index contributed by atoms with van der Waals surface area (Å²) in [4.78, 5) is 13.1. The van der Waals surface area contributed by atoms with Gasteiger partial charge in [-0.25, -0.2) is 9.97 Å². The summed E-state index contributed by atoms with van der Waals surface area (Å²) >= 11 is 0. The first-order valence-corrected chi connectivity index (χ1v) is 12.5. The summed E-state index contributed by atoms with van der Waals surface area (Å²) in [7, 11) is 0. The number of hydrogen-bond acceptors (Lipinski definition) is 9. The van der Waals surface area contributed by atoms with Gasteiger partial charge in [0.1, 0.15) is 13.2 Å². The van der Waals surface area contributed by atoms with Gasteiger partial charge in [0, 0.05) is 12.1 Å². The summed E-state index contributed by atoms with van der Waals surface area (Å²) in [6.07, 6.45) is 3.36. The van der Waals surface area contributed by atoms with Crippen LogP contribution in [0.15, 0.2) is 67.8 Å². The van der Waals surface area contributed by atoms with Gasteiger partial charge in [0.15, 0.2) is 0 Å². The van der Waals surface area contributed by atoms with Crippen LogP contribution in [0.3, 0.4) is 0 Å². The molecular formula is C29H35N3O6. The molecule has 0 saturated heterocycles. The van der Waals surface area contributed by atoms with Gasteiger partial charge in [-0.05, 0) is 36.4 Å². The molecule has 0 unspecified atom stereocenters. The van der Waals surface area contributed by atoms with Gasteiger partial charge in [-0.1, -0.05) is 31.4 Å². The lowest BCUT2D eigenvalue weighted by molar-refractivity contribution is 0.0266. The Morgan fingerprint density at radius 1 is 0.500 bits per heavy atom. The number of aromatic nitrogens is 3.